The quantitative estimate of drug-likeness (QED) is 0.249. The predicted molar refractivity (Wildman–Crippen MR) is 120 cm³/mol. The van der Waals surface area contributed by atoms with Crippen molar-refractivity contribution in [3.8, 4) is 5.75 Å². The highest BCUT2D eigenvalue weighted by atomic mass is 32.1. The first-order valence-corrected chi connectivity index (χ1v) is 10.6. The summed E-state index contributed by atoms with van der Waals surface area (Å²) in [6, 6.07) is 18.1. The van der Waals surface area contributed by atoms with Gasteiger partial charge in [-0.25, -0.2) is 0 Å². The van der Waals surface area contributed by atoms with Gasteiger partial charge in [0.2, 0.25) is 4.77 Å². The van der Waals surface area contributed by atoms with Crippen molar-refractivity contribution in [2.24, 2.45) is 5.10 Å². The van der Waals surface area contributed by atoms with Crippen molar-refractivity contribution < 1.29 is 4.74 Å². The van der Waals surface area contributed by atoms with E-state index < -0.39 is 0 Å². The Hall–Kier alpha value is -2.73. The third-order valence-corrected chi connectivity index (χ3v) is 4.92. The maximum absolute atomic E-state index is 5.99. The Balaban J connectivity index is 1.67. The summed E-state index contributed by atoms with van der Waals surface area (Å²) >= 11 is 5.36. The number of aromatic nitrogens is 3. The molecule has 2 aromatic carbocycles. The van der Waals surface area contributed by atoms with E-state index in [0.717, 1.165) is 35.7 Å². The molecule has 1 N–H and O–H groups in total. The van der Waals surface area contributed by atoms with Gasteiger partial charge in [-0.3, -0.25) is 5.10 Å². The number of benzene rings is 2. The fraction of sp³-hybridized carbons (Fsp3) is 0.348. The van der Waals surface area contributed by atoms with Crippen LogP contribution in [-0.4, -0.2) is 27.7 Å². The van der Waals surface area contributed by atoms with Gasteiger partial charge >= 0.3 is 0 Å². The topological polar surface area (TPSA) is 55.2 Å². The maximum atomic E-state index is 5.99. The van der Waals surface area contributed by atoms with Crippen LogP contribution in [-0.2, 0) is 6.42 Å². The SMILES string of the molecule is CCCCCCCOc1ccccc1/C=N\n1c(Cc2ccccc2)n[nH]c1=S. The van der Waals surface area contributed by atoms with E-state index in [2.05, 4.69) is 34.4 Å². The van der Waals surface area contributed by atoms with E-state index in [1.54, 1.807) is 10.9 Å². The van der Waals surface area contributed by atoms with Gasteiger partial charge in [-0.1, -0.05) is 75.1 Å². The third kappa shape index (κ3) is 6.39. The average molecular weight is 409 g/mol. The van der Waals surface area contributed by atoms with Gasteiger partial charge in [-0.05, 0) is 36.3 Å². The number of aromatic amines is 1. The Labute approximate surface area is 177 Å². The van der Waals surface area contributed by atoms with Gasteiger partial charge < -0.3 is 4.74 Å². The van der Waals surface area contributed by atoms with E-state index in [1.165, 1.54) is 25.7 Å². The summed E-state index contributed by atoms with van der Waals surface area (Å²) in [6.07, 6.45) is 8.53. The monoisotopic (exact) mass is 408 g/mol. The first-order chi connectivity index (χ1) is 14.3. The van der Waals surface area contributed by atoms with E-state index >= 15 is 0 Å². The van der Waals surface area contributed by atoms with Gasteiger partial charge in [-0.2, -0.15) is 14.9 Å². The molecule has 0 atom stereocenters. The third-order valence-electron chi connectivity index (χ3n) is 4.66. The molecule has 0 radical (unpaired) electrons. The van der Waals surface area contributed by atoms with Crippen molar-refractivity contribution in [1.29, 1.82) is 0 Å². The zero-order valence-electron chi connectivity index (χ0n) is 16.9. The summed E-state index contributed by atoms with van der Waals surface area (Å²) in [5, 5.41) is 11.7. The molecule has 29 heavy (non-hydrogen) atoms. The number of para-hydroxylation sites is 1. The predicted octanol–water partition coefficient (Wildman–Crippen LogP) is 5.76. The van der Waals surface area contributed by atoms with Crippen LogP contribution in [0.2, 0.25) is 0 Å². The second-order valence-corrected chi connectivity index (χ2v) is 7.35. The van der Waals surface area contributed by atoms with Crippen LogP contribution in [0.25, 0.3) is 0 Å². The number of hydrogen-bond acceptors (Lipinski definition) is 4. The van der Waals surface area contributed by atoms with Crippen molar-refractivity contribution in [2.75, 3.05) is 6.61 Å². The molecule has 0 aliphatic rings. The lowest BCUT2D eigenvalue weighted by molar-refractivity contribution is 0.304. The molecule has 6 heteroatoms. The molecule has 3 aromatic rings. The first kappa shape index (κ1) is 21.0. The summed E-state index contributed by atoms with van der Waals surface area (Å²) in [5.74, 6) is 1.61. The molecule has 0 fully saturated rings. The number of nitrogens with zero attached hydrogens (tertiary/aromatic N) is 3. The highest BCUT2D eigenvalue weighted by Crippen LogP contribution is 2.17. The molecule has 3 rings (SSSR count). The molecule has 1 heterocycles. The van der Waals surface area contributed by atoms with Crippen LogP contribution in [0, 0.1) is 4.77 Å². The normalized spacial score (nSPS) is 11.2. The molecular formula is C23H28N4OS. The molecule has 0 aliphatic heterocycles. The minimum Gasteiger partial charge on any atom is -0.493 e. The fourth-order valence-electron chi connectivity index (χ4n) is 3.06. The highest BCUT2D eigenvalue weighted by molar-refractivity contribution is 7.71. The van der Waals surface area contributed by atoms with Crippen LogP contribution in [0.15, 0.2) is 59.7 Å². The van der Waals surface area contributed by atoms with Crippen molar-refractivity contribution in [3.05, 3.63) is 76.3 Å². The molecule has 1 aromatic heterocycles. The van der Waals surface area contributed by atoms with Gasteiger partial charge in [0.1, 0.15) is 5.75 Å². The number of H-pyrrole nitrogens is 1. The number of unbranched alkanes of at least 4 members (excludes halogenated alkanes) is 4. The molecule has 0 unspecified atom stereocenters. The van der Waals surface area contributed by atoms with Crippen LogP contribution in [0.4, 0.5) is 0 Å². The minimum absolute atomic E-state index is 0.474. The lowest BCUT2D eigenvalue weighted by atomic mass is 10.1. The zero-order valence-corrected chi connectivity index (χ0v) is 17.7. The Morgan fingerprint density at radius 3 is 2.62 bits per heavy atom. The van der Waals surface area contributed by atoms with Gasteiger partial charge in [-0.15, -0.1) is 0 Å². The summed E-state index contributed by atoms with van der Waals surface area (Å²) < 4.78 is 8.14. The average Bonchev–Trinajstić information content (AvgIpc) is 3.09. The highest BCUT2D eigenvalue weighted by Gasteiger charge is 2.07. The van der Waals surface area contributed by atoms with Crippen LogP contribution < -0.4 is 4.74 Å². The van der Waals surface area contributed by atoms with Crippen molar-refractivity contribution in [3.63, 3.8) is 0 Å². The minimum atomic E-state index is 0.474. The summed E-state index contributed by atoms with van der Waals surface area (Å²) in [5.41, 5.74) is 2.08. The lowest BCUT2D eigenvalue weighted by Crippen LogP contribution is -2.02. The second-order valence-electron chi connectivity index (χ2n) is 6.96. The van der Waals surface area contributed by atoms with Gasteiger partial charge in [0.15, 0.2) is 5.82 Å². The van der Waals surface area contributed by atoms with Crippen LogP contribution >= 0.6 is 12.2 Å². The van der Waals surface area contributed by atoms with E-state index in [9.17, 15) is 0 Å². The van der Waals surface area contributed by atoms with Crippen LogP contribution in [0.1, 0.15) is 56.0 Å². The number of hydrogen-bond donors (Lipinski definition) is 1. The largest absolute Gasteiger partial charge is 0.493 e. The maximum Gasteiger partial charge on any atom is 0.216 e. The summed E-state index contributed by atoms with van der Waals surface area (Å²) in [6.45, 7) is 2.95. The van der Waals surface area contributed by atoms with Crippen LogP contribution in [0.5, 0.6) is 5.75 Å². The number of rotatable bonds is 11. The lowest BCUT2D eigenvalue weighted by Gasteiger charge is -2.09. The van der Waals surface area contributed by atoms with E-state index in [-0.39, 0.29) is 0 Å². The van der Waals surface area contributed by atoms with Gasteiger partial charge in [0.25, 0.3) is 0 Å². The van der Waals surface area contributed by atoms with E-state index in [4.69, 9.17) is 17.0 Å². The molecule has 0 saturated carbocycles. The zero-order chi connectivity index (χ0) is 20.3. The Bertz CT molecular complexity index is 962. The number of ether oxygens (including phenoxy) is 1. The second kappa shape index (κ2) is 11.3. The van der Waals surface area contributed by atoms with E-state index in [1.807, 2.05) is 42.5 Å². The Morgan fingerprint density at radius 1 is 1.03 bits per heavy atom. The van der Waals surface area contributed by atoms with Gasteiger partial charge in [0.05, 0.1) is 12.8 Å². The van der Waals surface area contributed by atoms with Crippen molar-refractivity contribution in [1.82, 2.24) is 14.9 Å². The molecule has 152 valence electrons. The van der Waals surface area contributed by atoms with E-state index in [0.29, 0.717) is 11.2 Å². The standard InChI is InChI=1S/C23H28N4OS/c1-2-3-4-5-11-16-28-21-15-10-9-14-20(21)18-24-27-22(25-26-23(27)29)17-19-12-7-6-8-13-19/h6-10,12-15,18H,2-5,11,16-17H2,1H3,(H,26,29)/b24-18-. The summed E-state index contributed by atoms with van der Waals surface area (Å²) in [4.78, 5) is 0. The fourth-order valence-corrected chi connectivity index (χ4v) is 3.26. The first-order valence-electron chi connectivity index (χ1n) is 10.2. The summed E-state index contributed by atoms with van der Waals surface area (Å²) in [7, 11) is 0. The van der Waals surface area contributed by atoms with Crippen molar-refractivity contribution >= 4 is 18.4 Å². The Kier molecular flexibility index (Phi) is 8.19. The Morgan fingerprint density at radius 2 is 1.79 bits per heavy atom. The van der Waals surface area contributed by atoms with Crippen LogP contribution in [0.3, 0.4) is 0 Å². The molecule has 0 aliphatic carbocycles. The molecular weight excluding hydrogens is 380 g/mol. The number of nitrogens with one attached hydrogen (secondary N) is 1. The smallest absolute Gasteiger partial charge is 0.216 e. The molecule has 0 bridgehead atoms. The molecule has 0 spiro atoms. The molecule has 5 nitrogen and oxygen atoms in total. The van der Waals surface area contributed by atoms with Crippen molar-refractivity contribution in [2.45, 2.75) is 45.4 Å². The van der Waals surface area contributed by atoms with Gasteiger partial charge in [0, 0.05) is 12.0 Å². The molecule has 0 amide bonds. The molecule has 0 saturated heterocycles.